The summed E-state index contributed by atoms with van der Waals surface area (Å²) in [6.45, 7) is 5.49. The number of rotatable bonds is 4. The van der Waals surface area contributed by atoms with Crippen LogP contribution in [0.1, 0.15) is 25.6 Å². The molecule has 0 bridgehead atoms. The number of benzene rings is 1. The minimum Gasteiger partial charge on any atom is -0.465 e. The predicted molar refractivity (Wildman–Crippen MR) is 104 cm³/mol. The van der Waals surface area contributed by atoms with Crippen LogP contribution < -0.4 is 10.9 Å². The molecule has 7 heteroatoms. The largest absolute Gasteiger partial charge is 0.465 e. The normalized spacial score (nSPS) is 10.8. The van der Waals surface area contributed by atoms with Gasteiger partial charge in [0.15, 0.2) is 0 Å². The van der Waals surface area contributed by atoms with Gasteiger partial charge < -0.3 is 5.11 Å². The lowest BCUT2D eigenvalue weighted by molar-refractivity contribution is 0.209. The molecule has 3 rings (SSSR count). The van der Waals surface area contributed by atoms with Crippen molar-refractivity contribution in [3.05, 3.63) is 64.6 Å². The van der Waals surface area contributed by atoms with Gasteiger partial charge >= 0.3 is 6.09 Å². The summed E-state index contributed by atoms with van der Waals surface area (Å²) in [6.07, 6.45) is -1.17. The Morgan fingerprint density at radius 3 is 2.48 bits per heavy atom. The second kappa shape index (κ2) is 7.41. The van der Waals surface area contributed by atoms with Gasteiger partial charge in [0.2, 0.25) is 0 Å². The van der Waals surface area contributed by atoms with Gasteiger partial charge in [0.25, 0.3) is 5.56 Å². The first-order valence-electron chi connectivity index (χ1n) is 8.54. The first-order chi connectivity index (χ1) is 12.9. The second-order valence-electron chi connectivity index (χ2n) is 6.41. The van der Waals surface area contributed by atoms with Crippen molar-refractivity contribution >= 4 is 11.8 Å². The van der Waals surface area contributed by atoms with Gasteiger partial charge in [-0.05, 0) is 32.9 Å². The van der Waals surface area contributed by atoms with Crippen molar-refractivity contribution in [2.24, 2.45) is 0 Å². The number of hydrogen-bond acceptors (Lipinski definition) is 4. The molecule has 0 fully saturated rings. The van der Waals surface area contributed by atoms with E-state index in [1.165, 1.54) is 10.7 Å². The molecule has 0 spiro atoms. The third-order valence-electron chi connectivity index (χ3n) is 4.09. The van der Waals surface area contributed by atoms with Gasteiger partial charge in [0.1, 0.15) is 0 Å². The highest BCUT2D eigenvalue weighted by atomic mass is 16.4. The number of amides is 1. The molecule has 0 atom stereocenters. The number of anilines is 1. The minimum absolute atomic E-state index is 0.104. The number of carboxylic acid groups (broad SMARTS) is 1. The van der Waals surface area contributed by atoms with E-state index in [2.05, 4.69) is 15.4 Å². The zero-order valence-electron chi connectivity index (χ0n) is 15.3. The average molecular weight is 364 g/mol. The summed E-state index contributed by atoms with van der Waals surface area (Å²) in [4.78, 5) is 27.8. The maximum atomic E-state index is 12.1. The van der Waals surface area contributed by atoms with Gasteiger partial charge in [0.05, 0.1) is 28.8 Å². The van der Waals surface area contributed by atoms with Crippen molar-refractivity contribution in [1.82, 2.24) is 14.8 Å². The van der Waals surface area contributed by atoms with Gasteiger partial charge in [-0.3, -0.25) is 15.1 Å². The van der Waals surface area contributed by atoms with E-state index in [-0.39, 0.29) is 11.6 Å². The third kappa shape index (κ3) is 3.87. The molecule has 1 amide bonds. The van der Waals surface area contributed by atoms with Crippen LogP contribution in [0.25, 0.3) is 22.5 Å². The van der Waals surface area contributed by atoms with Crippen molar-refractivity contribution in [2.75, 3.05) is 5.32 Å². The summed E-state index contributed by atoms with van der Waals surface area (Å²) in [5.41, 5.74) is 3.47. The molecule has 2 N–H and O–H groups in total. The van der Waals surface area contributed by atoms with E-state index >= 15 is 0 Å². The molecule has 0 aliphatic carbocycles. The van der Waals surface area contributed by atoms with Crippen LogP contribution in [0.15, 0.2) is 53.3 Å². The van der Waals surface area contributed by atoms with Crippen LogP contribution in [-0.2, 0) is 0 Å². The molecule has 2 aromatic heterocycles. The molecule has 0 radical (unpaired) electrons. The summed E-state index contributed by atoms with van der Waals surface area (Å²) in [7, 11) is 0. The Morgan fingerprint density at radius 1 is 1.15 bits per heavy atom. The fourth-order valence-corrected chi connectivity index (χ4v) is 2.80. The van der Waals surface area contributed by atoms with E-state index in [0.29, 0.717) is 28.3 Å². The van der Waals surface area contributed by atoms with E-state index < -0.39 is 6.09 Å². The monoisotopic (exact) mass is 364 g/mol. The maximum absolute atomic E-state index is 12.1. The van der Waals surface area contributed by atoms with Crippen LogP contribution in [0.3, 0.4) is 0 Å². The molecular formula is C20H20N4O3. The Kier molecular flexibility index (Phi) is 5.03. The molecule has 27 heavy (non-hydrogen) atoms. The Bertz CT molecular complexity index is 1040. The quantitative estimate of drug-likeness (QED) is 0.730. The van der Waals surface area contributed by atoms with Crippen LogP contribution in [0.2, 0.25) is 0 Å². The molecule has 0 saturated carbocycles. The van der Waals surface area contributed by atoms with Crippen LogP contribution in [0, 0.1) is 6.92 Å². The highest BCUT2D eigenvalue weighted by Crippen LogP contribution is 2.32. The van der Waals surface area contributed by atoms with Gasteiger partial charge in [0, 0.05) is 17.2 Å². The first-order valence-corrected chi connectivity index (χ1v) is 8.54. The van der Waals surface area contributed by atoms with Crippen molar-refractivity contribution in [1.29, 1.82) is 0 Å². The molecule has 0 unspecified atom stereocenters. The number of nitrogens with zero attached hydrogens (tertiary/aromatic N) is 3. The van der Waals surface area contributed by atoms with Crippen LogP contribution in [0.5, 0.6) is 0 Å². The standard InChI is InChI=1S/C20H20N4O3/c1-12(2)24-18(25)10-9-16(23-24)15-11-17(22-20(26)27)13(3)21-19(15)14-7-5-4-6-8-14/h4-12,22H,1-3H3,(H,26,27). The number of hydrogen-bond donors (Lipinski definition) is 2. The van der Waals surface area contributed by atoms with Crippen molar-refractivity contribution in [2.45, 2.75) is 26.8 Å². The fourth-order valence-electron chi connectivity index (χ4n) is 2.80. The number of aromatic nitrogens is 3. The molecule has 0 saturated heterocycles. The SMILES string of the molecule is Cc1nc(-c2ccccc2)c(-c2ccc(=O)n(C(C)C)n2)cc1NC(=O)O. The number of pyridine rings is 1. The molecule has 7 nitrogen and oxygen atoms in total. The van der Waals surface area contributed by atoms with E-state index in [4.69, 9.17) is 5.11 Å². The maximum Gasteiger partial charge on any atom is 0.409 e. The van der Waals surface area contributed by atoms with Gasteiger partial charge in [-0.1, -0.05) is 30.3 Å². The van der Waals surface area contributed by atoms with E-state index in [0.717, 1.165) is 5.56 Å². The fraction of sp³-hybridized carbons (Fsp3) is 0.200. The highest BCUT2D eigenvalue weighted by Gasteiger charge is 2.16. The smallest absolute Gasteiger partial charge is 0.409 e. The van der Waals surface area contributed by atoms with Gasteiger partial charge in [-0.2, -0.15) is 5.10 Å². The zero-order chi connectivity index (χ0) is 19.6. The Hall–Kier alpha value is -3.48. The van der Waals surface area contributed by atoms with Crippen LogP contribution in [-0.4, -0.2) is 26.0 Å². The predicted octanol–water partition coefficient (Wildman–Crippen LogP) is 3.95. The Morgan fingerprint density at radius 2 is 1.85 bits per heavy atom. The van der Waals surface area contributed by atoms with E-state index in [9.17, 15) is 9.59 Å². The average Bonchev–Trinajstić information content (AvgIpc) is 2.64. The summed E-state index contributed by atoms with van der Waals surface area (Å²) in [5.74, 6) is 0. The molecule has 3 aromatic rings. The molecule has 2 heterocycles. The number of carbonyl (C=O) groups is 1. The Labute approximate surface area is 156 Å². The summed E-state index contributed by atoms with van der Waals surface area (Å²) >= 11 is 0. The lowest BCUT2D eigenvalue weighted by Gasteiger charge is -2.15. The van der Waals surface area contributed by atoms with Gasteiger partial charge in [-0.25, -0.2) is 9.48 Å². The zero-order valence-corrected chi connectivity index (χ0v) is 15.3. The third-order valence-corrected chi connectivity index (χ3v) is 4.09. The van der Waals surface area contributed by atoms with E-state index in [1.54, 1.807) is 19.1 Å². The molecular weight excluding hydrogens is 344 g/mol. The van der Waals surface area contributed by atoms with E-state index in [1.807, 2.05) is 44.2 Å². The first kappa shape index (κ1) is 18.3. The Balaban J connectivity index is 2.27. The molecule has 0 aliphatic rings. The summed E-state index contributed by atoms with van der Waals surface area (Å²) in [6, 6.07) is 14.3. The van der Waals surface area contributed by atoms with Crippen molar-refractivity contribution in [3.8, 4) is 22.5 Å². The number of aryl methyl sites for hydroxylation is 1. The van der Waals surface area contributed by atoms with Crippen LogP contribution >= 0.6 is 0 Å². The summed E-state index contributed by atoms with van der Waals surface area (Å²) < 4.78 is 1.40. The highest BCUT2D eigenvalue weighted by molar-refractivity contribution is 5.88. The van der Waals surface area contributed by atoms with Crippen LogP contribution in [0.4, 0.5) is 10.5 Å². The molecule has 1 aromatic carbocycles. The summed E-state index contributed by atoms with van der Waals surface area (Å²) in [5, 5.41) is 15.9. The topological polar surface area (TPSA) is 97.1 Å². The van der Waals surface area contributed by atoms with Gasteiger partial charge in [-0.15, -0.1) is 0 Å². The lowest BCUT2D eigenvalue weighted by atomic mass is 10.0. The number of nitrogens with one attached hydrogen (secondary N) is 1. The lowest BCUT2D eigenvalue weighted by Crippen LogP contribution is -2.24. The van der Waals surface area contributed by atoms with Crippen molar-refractivity contribution < 1.29 is 9.90 Å². The molecule has 138 valence electrons. The second-order valence-corrected chi connectivity index (χ2v) is 6.41. The van der Waals surface area contributed by atoms with Crippen molar-refractivity contribution in [3.63, 3.8) is 0 Å². The minimum atomic E-state index is -1.17. The molecule has 0 aliphatic heterocycles.